The average molecular weight is 451 g/mol. The summed E-state index contributed by atoms with van der Waals surface area (Å²) in [5.41, 5.74) is -1.00. The van der Waals surface area contributed by atoms with Crippen LogP contribution in [0.15, 0.2) is 22.7 Å². The van der Waals surface area contributed by atoms with Crippen molar-refractivity contribution >= 4 is 23.9 Å². The molecular weight excluding hydrogens is 416 g/mol. The molecule has 0 spiro atoms. The fraction of sp³-hybridized carbons (Fsp3) is 0.667. The SMILES string of the molecule is CCCCCCCCOC(=O)C1=C2OC(=O)C(C(=O)OCCCCCCCC)=C2OC1=O. The summed E-state index contributed by atoms with van der Waals surface area (Å²) in [6.45, 7) is 4.57. The van der Waals surface area contributed by atoms with Crippen molar-refractivity contribution in [2.75, 3.05) is 13.2 Å². The molecule has 0 N–H and O–H groups in total. The maximum absolute atomic E-state index is 12.3. The van der Waals surface area contributed by atoms with Crippen LogP contribution >= 0.6 is 0 Å². The molecule has 0 bridgehead atoms. The minimum Gasteiger partial charge on any atom is -0.462 e. The molecule has 8 heteroatoms. The molecule has 2 aliphatic rings. The molecule has 0 aromatic heterocycles. The molecule has 0 saturated heterocycles. The molecule has 0 aromatic carbocycles. The fourth-order valence-corrected chi connectivity index (χ4v) is 3.49. The second-order valence-corrected chi connectivity index (χ2v) is 7.99. The minimum absolute atomic E-state index is 0.148. The molecule has 2 rings (SSSR count). The highest BCUT2D eigenvalue weighted by atomic mass is 16.6. The molecule has 0 atom stereocenters. The Morgan fingerprint density at radius 3 is 1.31 bits per heavy atom. The lowest BCUT2D eigenvalue weighted by Crippen LogP contribution is -2.19. The van der Waals surface area contributed by atoms with Crippen LogP contribution in [0, 0.1) is 0 Å². The Hall–Kier alpha value is -2.64. The van der Waals surface area contributed by atoms with E-state index in [1.165, 1.54) is 12.8 Å². The van der Waals surface area contributed by atoms with Gasteiger partial charge in [0, 0.05) is 0 Å². The van der Waals surface area contributed by atoms with Gasteiger partial charge in [0.15, 0.2) is 22.7 Å². The largest absolute Gasteiger partial charge is 0.462 e. The molecule has 32 heavy (non-hydrogen) atoms. The van der Waals surface area contributed by atoms with Crippen molar-refractivity contribution in [3.63, 3.8) is 0 Å². The van der Waals surface area contributed by atoms with Crippen LogP contribution in [0.4, 0.5) is 0 Å². The quantitative estimate of drug-likeness (QED) is 0.147. The van der Waals surface area contributed by atoms with Gasteiger partial charge in [0.05, 0.1) is 13.2 Å². The van der Waals surface area contributed by atoms with Gasteiger partial charge in [-0.15, -0.1) is 0 Å². The third-order valence-electron chi connectivity index (χ3n) is 5.33. The van der Waals surface area contributed by atoms with Gasteiger partial charge in [0.25, 0.3) is 0 Å². The minimum atomic E-state index is -1.00. The first kappa shape index (κ1) is 25.6. The Morgan fingerprint density at radius 1 is 0.594 bits per heavy atom. The average Bonchev–Trinajstić information content (AvgIpc) is 3.24. The third-order valence-corrected chi connectivity index (χ3v) is 5.33. The van der Waals surface area contributed by atoms with E-state index in [9.17, 15) is 19.2 Å². The lowest BCUT2D eigenvalue weighted by molar-refractivity contribution is -0.144. The van der Waals surface area contributed by atoms with Gasteiger partial charge in [-0.2, -0.15) is 0 Å². The van der Waals surface area contributed by atoms with Gasteiger partial charge in [0.1, 0.15) is 0 Å². The zero-order valence-corrected chi connectivity index (χ0v) is 19.2. The van der Waals surface area contributed by atoms with Crippen LogP contribution in [0.2, 0.25) is 0 Å². The molecule has 2 heterocycles. The maximum Gasteiger partial charge on any atom is 0.355 e. The smallest absolute Gasteiger partial charge is 0.355 e. The van der Waals surface area contributed by atoms with E-state index >= 15 is 0 Å². The first-order chi connectivity index (χ1) is 15.5. The van der Waals surface area contributed by atoms with Gasteiger partial charge < -0.3 is 18.9 Å². The molecule has 0 radical (unpaired) electrons. The van der Waals surface area contributed by atoms with Crippen molar-refractivity contribution in [2.45, 2.75) is 90.9 Å². The van der Waals surface area contributed by atoms with Crippen molar-refractivity contribution in [3.05, 3.63) is 22.7 Å². The Labute approximate surface area is 189 Å². The highest BCUT2D eigenvalue weighted by molar-refractivity contribution is 6.23. The normalized spacial score (nSPS) is 15.1. The van der Waals surface area contributed by atoms with Gasteiger partial charge in [-0.25, -0.2) is 19.2 Å². The number of esters is 4. The molecule has 0 aliphatic carbocycles. The van der Waals surface area contributed by atoms with Gasteiger partial charge in [-0.05, 0) is 12.8 Å². The van der Waals surface area contributed by atoms with Crippen molar-refractivity contribution in [1.82, 2.24) is 0 Å². The van der Waals surface area contributed by atoms with Crippen LogP contribution < -0.4 is 0 Å². The summed E-state index contributed by atoms with van der Waals surface area (Å²) < 4.78 is 20.2. The first-order valence-electron chi connectivity index (χ1n) is 11.8. The number of hydrogen-bond acceptors (Lipinski definition) is 8. The van der Waals surface area contributed by atoms with Crippen molar-refractivity contribution in [2.24, 2.45) is 0 Å². The van der Waals surface area contributed by atoms with E-state index in [0.717, 1.165) is 51.4 Å². The highest BCUT2D eigenvalue weighted by Crippen LogP contribution is 2.37. The Balaban J connectivity index is 1.87. The van der Waals surface area contributed by atoms with Crippen molar-refractivity contribution < 1.29 is 38.1 Å². The Bertz CT molecular complexity index is 698. The molecule has 8 nitrogen and oxygen atoms in total. The van der Waals surface area contributed by atoms with E-state index in [1.54, 1.807) is 0 Å². The monoisotopic (exact) mass is 450 g/mol. The zero-order chi connectivity index (χ0) is 23.3. The van der Waals surface area contributed by atoms with Crippen LogP contribution in [0.5, 0.6) is 0 Å². The van der Waals surface area contributed by atoms with Gasteiger partial charge >= 0.3 is 23.9 Å². The summed E-state index contributed by atoms with van der Waals surface area (Å²) >= 11 is 0. The number of carbonyl (C=O) groups excluding carboxylic acids is 4. The predicted octanol–water partition coefficient (Wildman–Crippen LogP) is 4.42. The molecular formula is C24H34O8. The van der Waals surface area contributed by atoms with Crippen molar-refractivity contribution in [3.8, 4) is 0 Å². The summed E-state index contributed by atoms with van der Waals surface area (Å²) in [7, 11) is 0. The summed E-state index contributed by atoms with van der Waals surface area (Å²) in [6.07, 6.45) is 12.2. The molecule has 0 amide bonds. The summed E-state index contributed by atoms with van der Waals surface area (Å²) in [4.78, 5) is 48.9. The zero-order valence-electron chi connectivity index (χ0n) is 19.2. The molecule has 0 unspecified atom stereocenters. The summed E-state index contributed by atoms with van der Waals surface area (Å²) in [6, 6.07) is 0. The van der Waals surface area contributed by atoms with Crippen molar-refractivity contribution in [1.29, 1.82) is 0 Å². The number of unbranched alkanes of at least 4 members (excludes halogenated alkanes) is 10. The fourth-order valence-electron chi connectivity index (χ4n) is 3.49. The van der Waals surface area contributed by atoms with Crippen LogP contribution in [-0.4, -0.2) is 37.1 Å². The molecule has 0 saturated carbocycles. The highest BCUT2D eigenvalue weighted by Gasteiger charge is 2.48. The number of rotatable bonds is 16. The van der Waals surface area contributed by atoms with E-state index in [-0.39, 0.29) is 24.7 Å². The number of hydrogen-bond donors (Lipinski definition) is 0. The van der Waals surface area contributed by atoms with Crippen LogP contribution in [0.1, 0.15) is 90.9 Å². The topological polar surface area (TPSA) is 105 Å². The predicted molar refractivity (Wildman–Crippen MR) is 115 cm³/mol. The lowest BCUT2D eigenvalue weighted by atomic mass is 10.1. The molecule has 0 aromatic rings. The molecule has 0 fully saturated rings. The standard InChI is InChI=1S/C24H34O8/c1-3-5-7-9-11-13-15-29-21(25)17-19-20(32-23(17)27)18(24(28)31-19)22(26)30-16-14-12-10-8-6-4-2/h3-16H2,1-2H3. The number of carbonyl (C=O) groups is 4. The Kier molecular flexibility index (Phi) is 11.0. The van der Waals surface area contributed by atoms with Crippen LogP contribution in [0.3, 0.4) is 0 Å². The van der Waals surface area contributed by atoms with Crippen LogP contribution in [0.25, 0.3) is 0 Å². The lowest BCUT2D eigenvalue weighted by Gasteiger charge is -2.06. The molecule has 178 valence electrons. The second kappa shape index (κ2) is 13.7. The van der Waals surface area contributed by atoms with Gasteiger partial charge in [-0.1, -0.05) is 78.1 Å². The maximum atomic E-state index is 12.3. The van der Waals surface area contributed by atoms with Crippen LogP contribution in [-0.2, 0) is 38.1 Å². The van der Waals surface area contributed by atoms with E-state index in [1.807, 2.05) is 0 Å². The molecule has 2 aliphatic heterocycles. The van der Waals surface area contributed by atoms with Gasteiger partial charge in [-0.3, -0.25) is 0 Å². The van der Waals surface area contributed by atoms with E-state index in [4.69, 9.17) is 18.9 Å². The third kappa shape index (κ3) is 7.21. The van der Waals surface area contributed by atoms with E-state index in [0.29, 0.717) is 12.8 Å². The van der Waals surface area contributed by atoms with E-state index < -0.39 is 35.0 Å². The van der Waals surface area contributed by atoms with E-state index in [2.05, 4.69) is 13.8 Å². The summed E-state index contributed by atoms with van der Waals surface area (Å²) in [5.74, 6) is -4.58. The number of ether oxygens (including phenoxy) is 4. The summed E-state index contributed by atoms with van der Waals surface area (Å²) in [5, 5.41) is 0. The van der Waals surface area contributed by atoms with Gasteiger partial charge in [0.2, 0.25) is 0 Å². The first-order valence-corrected chi connectivity index (χ1v) is 11.8. The Morgan fingerprint density at radius 2 is 0.938 bits per heavy atom. The second-order valence-electron chi connectivity index (χ2n) is 7.99. The number of fused-ring (bicyclic) bond motifs is 1.